The monoisotopic (exact) mass is 437 g/mol. The van der Waals surface area contributed by atoms with Crippen LogP contribution in [-0.2, 0) is 16.8 Å². The van der Waals surface area contributed by atoms with E-state index in [9.17, 15) is 22.3 Å². The van der Waals surface area contributed by atoms with Gasteiger partial charge in [-0.15, -0.1) is 0 Å². The maximum absolute atomic E-state index is 13.8. The second-order valence-electron chi connectivity index (χ2n) is 8.01. The second kappa shape index (κ2) is 7.88. The summed E-state index contributed by atoms with van der Waals surface area (Å²) >= 11 is 0. The van der Waals surface area contributed by atoms with Crippen LogP contribution < -0.4 is 0 Å². The third-order valence-corrected chi connectivity index (χ3v) is 7.76. The minimum Gasteiger partial charge on any atom is -0.390 e. The van der Waals surface area contributed by atoms with Gasteiger partial charge in [-0.1, -0.05) is 0 Å². The molecule has 0 saturated carbocycles. The Morgan fingerprint density at radius 2 is 1.53 bits per heavy atom. The van der Waals surface area contributed by atoms with Crippen molar-refractivity contribution < 1.29 is 22.3 Å². The summed E-state index contributed by atoms with van der Waals surface area (Å²) in [4.78, 5) is 0. The first kappa shape index (κ1) is 21.2. The highest BCUT2D eigenvalue weighted by molar-refractivity contribution is 7.86. The van der Waals surface area contributed by atoms with Gasteiger partial charge >= 0.3 is 0 Å². The first-order valence-corrected chi connectivity index (χ1v) is 11.4. The van der Waals surface area contributed by atoms with Gasteiger partial charge in [0.15, 0.2) is 0 Å². The van der Waals surface area contributed by atoms with E-state index in [4.69, 9.17) is 0 Å². The third kappa shape index (κ3) is 3.71. The van der Waals surface area contributed by atoms with Crippen molar-refractivity contribution in [3.63, 3.8) is 0 Å². The van der Waals surface area contributed by atoms with E-state index in [0.717, 1.165) is 0 Å². The number of hydrogen-bond acceptors (Lipinski definition) is 3. The maximum Gasteiger partial charge on any atom is 0.282 e. The molecule has 1 unspecified atom stereocenters. The van der Waals surface area contributed by atoms with E-state index in [-0.39, 0.29) is 19.1 Å². The smallest absolute Gasteiger partial charge is 0.282 e. The van der Waals surface area contributed by atoms with Crippen molar-refractivity contribution in [2.45, 2.75) is 39.0 Å². The minimum absolute atomic E-state index is 0.0465. The summed E-state index contributed by atoms with van der Waals surface area (Å²) in [6, 6.07) is 8.34. The first-order valence-electron chi connectivity index (χ1n) is 10.0. The van der Waals surface area contributed by atoms with Gasteiger partial charge in [0.25, 0.3) is 10.2 Å². The van der Waals surface area contributed by atoms with Gasteiger partial charge < -0.3 is 9.67 Å². The van der Waals surface area contributed by atoms with Gasteiger partial charge in [-0.2, -0.15) is 17.0 Å². The topological polar surface area (TPSA) is 65.8 Å². The van der Waals surface area contributed by atoms with Crippen LogP contribution in [0.15, 0.2) is 36.4 Å². The summed E-state index contributed by atoms with van der Waals surface area (Å²) in [6.45, 7) is 4.53. The fourth-order valence-electron chi connectivity index (χ4n) is 4.24. The largest absolute Gasteiger partial charge is 0.390 e. The van der Waals surface area contributed by atoms with Crippen molar-refractivity contribution in [3.05, 3.63) is 48.0 Å². The summed E-state index contributed by atoms with van der Waals surface area (Å²) in [6.07, 6.45) is -0.293. The molecule has 4 rings (SSSR count). The third-order valence-electron chi connectivity index (χ3n) is 5.58. The standard InChI is InChI=1S/C21H25F2N3O3S/c1-14(2)26-9-3-8-24(30(26,28)29)12-17(27)13-25-20-6-4-15(22)10-18(20)19-11-16(23)5-7-21(19)25/h4-7,10-11,14,17,27H,3,8-9,12-13H2,1-2H3. The Balaban J connectivity index is 1.65. The highest BCUT2D eigenvalue weighted by atomic mass is 32.2. The molecule has 1 aliphatic rings. The molecular weight excluding hydrogens is 412 g/mol. The number of aromatic nitrogens is 1. The average Bonchev–Trinajstić information content (AvgIpc) is 2.95. The Hall–Kier alpha value is -2.07. The lowest BCUT2D eigenvalue weighted by Gasteiger charge is -2.37. The van der Waals surface area contributed by atoms with E-state index in [1.165, 1.54) is 32.9 Å². The molecule has 1 N–H and O–H groups in total. The zero-order valence-corrected chi connectivity index (χ0v) is 17.7. The number of β-amino-alcohol motifs (C(OH)–C–C–N with tert-alkyl or cyclic N) is 1. The molecule has 1 atom stereocenters. The SMILES string of the molecule is CC(C)N1CCCN(CC(O)Cn2c3ccc(F)cc3c3cc(F)ccc32)S1(=O)=O. The molecule has 2 aromatic carbocycles. The normalized spacial score (nSPS) is 19.1. The Morgan fingerprint density at radius 1 is 0.967 bits per heavy atom. The molecule has 0 aliphatic carbocycles. The quantitative estimate of drug-likeness (QED) is 0.667. The van der Waals surface area contributed by atoms with Crippen molar-refractivity contribution in [2.24, 2.45) is 0 Å². The predicted octanol–water partition coefficient (Wildman–Crippen LogP) is 3.09. The average molecular weight is 438 g/mol. The van der Waals surface area contributed by atoms with E-state index >= 15 is 0 Å². The van der Waals surface area contributed by atoms with Crippen molar-refractivity contribution in [1.82, 2.24) is 13.2 Å². The second-order valence-corrected chi connectivity index (χ2v) is 9.89. The van der Waals surface area contributed by atoms with Gasteiger partial charge in [-0.05, 0) is 56.7 Å². The molecule has 0 bridgehead atoms. The molecule has 0 radical (unpaired) electrons. The van der Waals surface area contributed by atoms with Gasteiger partial charge in [0.2, 0.25) is 0 Å². The molecule has 1 aliphatic heterocycles. The number of nitrogens with zero attached hydrogens (tertiary/aromatic N) is 3. The molecule has 9 heteroatoms. The highest BCUT2D eigenvalue weighted by Gasteiger charge is 2.36. The molecular formula is C21H25F2N3O3S. The molecule has 30 heavy (non-hydrogen) atoms. The maximum atomic E-state index is 13.8. The fourth-order valence-corrected chi connectivity index (χ4v) is 6.15. The van der Waals surface area contributed by atoms with E-state index in [1.807, 2.05) is 13.8 Å². The molecule has 0 spiro atoms. The van der Waals surface area contributed by atoms with Crippen LogP contribution in [0.3, 0.4) is 0 Å². The van der Waals surface area contributed by atoms with Crippen LogP contribution in [0, 0.1) is 11.6 Å². The van der Waals surface area contributed by atoms with Crippen molar-refractivity contribution in [3.8, 4) is 0 Å². The lowest BCUT2D eigenvalue weighted by atomic mass is 10.1. The van der Waals surface area contributed by atoms with Gasteiger partial charge in [0.1, 0.15) is 11.6 Å². The lowest BCUT2D eigenvalue weighted by Crippen LogP contribution is -2.54. The van der Waals surface area contributed by atoms with Crippen molar-refractivity contribution in [2.75, 3.05) is 19.6 Å². The molecule has 1 fully saturated rings. The number of benzene rings is 2. The number of aliphatic hydroxyl groups excluding tert-OH is 1. The van der Waals surface area contributed by atoms with Crippen LogP contribution in [0.2, 0.25) is 0 Å². The summed E-state index contributed by atoms with van der Waals surface area (Å²) in [5.41, 5.74) is 1.31. The molecule has 6 nitrogen and oxygen atoms in total. The van der Waals surface area contributed by atoms with Crippen LogP contribution in [0.5, 0.6) is 0 Å². The van der Waals surface area contributed by atoms with Crippen molar-refractivity contribution in [1.29, 1.82) is 0 Å². The lowest BCUT2D eigenvalue weighted by molar-refractivity contribution is 0.120. The Labute approximate surface area is 174 Å². The number of rotatable bonds is 5. The predicted molar refractivity (Wildman–Crippen MR) is 112 cm³/mol. The molecule has 2 heterocycles. The number of hydrogen-bond donors (Lipinski definition) is 1. The van der Waals surface area contributed by atoms with E-state index in [1.54, 1.807) is 16.7 Å². The Bertz CT molecular complexity index is 1130. The van der Waals surface area contributed by atoms with Gasteiger partial charge in [0.05, 0.1) is 12.6 Å². The van der Waals surface area contributed by atoms with Gasteiger partial charge in [-0.25, -0.2) is 8.78 Å². The van der Waals surface area contributed by atoms with E-state index in [0.29, 0.717) is 41.3 Å². The molecule has 162 valence electrons. The fraction of sp³-hybridized carbons (Fsp3) is 0.429. The zero-order chi connectivity index (χ0) is 21.6. The zero-order valence-electron chi connectivity index (χ0n) is 16.9. The van der Waals surface area contributed by atoms with Crippen LogP contribution in [0.4, 0.5) is 8.78 Å². The first-order chi connectivity index (χ1) is 14.2. The Kier molecular flexibility index (Phi) is 5.56. The molecule has 0 amide bonds. The van der Waals surface area contributed by atoms with Crippen LogP contribution in [-0.4, -0.2) is 58.5 Å². The minimum atomic E-state index is -3.64. The molecule has 3 aromatic rings. The van der Waals surface area contributed by atoms with Crippen LogP contribution in [0.1, 0.15) is 20.3 Å². The number of aliphatic hydroxyl groups is 1. The number of fused-ring (bicyclic) bond motifs is 3. The molecule has 1 aromatic heterocycles. The summed E-state index contributed by atoms with van der Waals surface area (Å²) in [5.74, 6) is -0.862. The highest BCUT2D eigenvalue weighted by Crippen LogP contribution is 2.31. The number of halogens is 2. The molecule has 1 saturated heterocycles. The summed E-state index contributed by atoms with van der Waals surface area (Å²) < 4.78 is 57.8. The van der Waals surface area contributed by atoms with Crippen molar-refractivity contribution >= 4 is 32.0 Å². The van der Waals surface area contributed by atoms with Gasteiger partial charge in [0, 0.05) is 47.5 Å². The van der Waals surface area contributed by atoms with E-state index in [2.05, 4.69) is 0 Å². The summed E-state index contributed by atoms with van der Waals surface area (Å²) in [5, 5.41) is 11.9. The van der Waals surface area contributed by atoms with Crippen LogP contribution in [0.25, 0.3) is 21.8 Å². The van der Waals surface area contributed by atoms with Gasteiger partial charge in [-0.3, -0.25) is 0 Å². The van der Waals surface area contributed by atoms with Crippen LogP contribution >= 0.6 is 0 Å². The van der Waals surface area contributed by atoms with E-state index < -0.39 is 27.9 Å². The summed E-state index contributed by atoms with van der Waals surface area (Å²) in [7, 11) is -3.64. The Morgan fingerprint density at radius 3 is 2.07 bits per heavy atom.